The van der Waals surface area contributed by atoms with Crippen LogP contribution in [-0.4, -0.2) is 39.5 Å². The van der Waals surface area contributed by atoms with E-state index >= 15 is 0 Å². The SMILES string of the molecule is CCC(=O)c1cc(C)c(-c2cc3cnc(N(C)C(=O)OC(C)(C)C)cc3cn2)cn1. The lowest BCUT2D eigenvalue weighted by molar-refractivity contribution is 0.0588. The highest BCUT2D eigenvalue weighted by molar-refractivity contribution is 5.95. The number of aromatic nitrogens is 3. The first-order chi connectivity index (χ1) is 14.1. The molecule has 7 heteroatoms. The van der Waals surface area contributed by atoms with E-state index in [-0.39, 0.29) is 5.78 Å². The van der Waals surface area contributed by atoms with Gasteiger partial charge in [0.05, 0.1) is 5.69 Å². The summed E-state index contributed by atoms with van der Waals surface area (Å²) < 4.78 is 5.39. The summed E-state index contributed by atoms with van der Waals surface area (Å²) in [5.74, 6) is 0.494. The first-order valence-electron chi connectivity index (χ1n) is 9.82. The van der Waals surface area contributed by atoms with Gasteiger partial charge in [-0.15, -0.1) is 0 Å². The van der Waals surface area contributed by atoms with Gasteiger partial charge in [-0.1, -0.05) is 6.92 Å². The fourth-order valence-corrected chi connectivity index (χ4v) is 2.94. The molecule has 0 radical (unpaired) electrons. The predicted molar refractivity (Wildman–Crippen MR) is 117 cm³/mol. The summed E-state index contributed by atoms with van der Waals surface area (Å²) in [4.78, 5) is 38.8. The van der Waals surface area contributed by atoms with Crippen molar-refractivity contribution in [3.05, 3.63) is 48.0 Å². The molecule has 7 nitrogen and oxygen atoms in total. The normalized spacial score (nSPS) is 11.4. The van der Waals surface area contributed by atoms with E-state index in [0.717, 1.165) is 27.6 Å². The van der Waals surface area contributed by atoms with Crippen LogP contribution < -0.4 is 4.90 Å². The highest BCUT2D eigenvalue weighted by atomic mass is 16.6. The molecule has 0 aliphatic carbocycles. The van der Waals surface area contributed by atoms with Gasteiger partial charge in [0.1, 0.15) is 17.1 Å². The van der Waals surface area contributed by atoms with Gasteiger partial charge >= 0.3 is 6.09 Å². The number of anilines is 1. The zero-order chi connectivity index (χ0) is 22.1. The highest BCUT2D eigenvalue weighted by Gasteiger charge is 2.21. The topological polar surface area (TPSA) is 85.3 Å². The van der Waals surface area contributed by atoms with Crippen LogP contribution in [0, 0.1) is 6.92 Å². The van der Waals surface area contributed by atoms with Crippen molar-refractivity contribution < 1.29 is 14.3 Å². The second kappa shape index (κ2) is 8.18. The van der Waals surface area contributed by atoms with Gasteiger partial charge in [0.2, 0.25) is 0 Å². The van der Waals surface area contributed by atoms with Crippen LogP contribution in [0.5, 0.6) is 0 Å². The summed E-state index contributed by atoms with van der Waals surface area (Å²) in [5.41, 5.74) is 2.43. The van der Waals surface area contributed by atoms with E-state index in [4.69, 9.17) is 4.74 Å². The molecule has 30 heavy (non-hydrogen) atoms. The van der Waals surface area contributed by atoms with E-state index in [1.165, 1.54) is 4.90 Å². The quantitative estimate of drug-likeness (QED) is 0.569. The zero-order valence-corrected chi connectivity index (χ0v) is 18.2. The minimum absolute atomic E-state index is 0.0157. The number of fused-ring (bicyclic) bond motifs is 1. The highest BCUT2D eigenvalue weighted by Crippen LogP contribution is 2.26. The molecule has 1 amide bonds. The average molecular weight is 406 g/mol. The summed E-state index contributed by atoms with van der Waals surface area (Å²) in [6.07, 6.45) is 5.08. The van der Waals surface area contributed by atoms with E-state index in [2.05, 4.69) is 15.0 Å². The van der Waals surface area contributed by atoms with Crippen molar-refractivity contribution in [3.63, 3.8) is 0 Å². The number of ether oxygens (including phenoxy) is 1. The van der Waals surface area contributed by atoms with Gasteiger partial charge in [0, 0.05) is 48.4 Å². The molecule has 156 valence electrons. The third-order valence-electron chi connectivity index (χ3n) is 4.59. The molecule has 0 spiro atoms. The van der Waals surface area contributed by atoms with Crippen molar-refractivity contribution in [2.45, 2.75) is 46.6 Å². The lowest BCUT2D eigenvalue weighted by Crippen LogP contribution is -2.34. The zero-order valence-electron chi connectivity index (χ0n) is 18.2. The molecule has 0 fully saturated rings. The van der Waals surface area contributed by atoms with E-state index in [0.29, 0.717) is 17.9 Å². The van der Waals surface area contributed by atoms with Gasteiger partial charge in [-0.2, -0.15) is 0 Å². The number of pyridine rings is 3. The number of amides is 1. The Hall–Kier alpha value is -3.35. The molecule has 0 N–H and O–H groups in total. The Labute approximate surface area is 176 Å². The third-order valence-corrected chi connectivity index (χ3v) is 4.59. The Balaban J connectivity index is 1.91. The predicted octanol–water partition coefficient (Wildman–Crippen LogP) is 4.96. The van der Waals surface area contributed by atoms with E-state index in [1.807, 2.05) is 40.7 Å². The van der Waals surface area contributed by atoms with E-state index < -0.39 is 11.7 Å². The third kappa shape index (κ3) is 4.62. The largest absolute Gasteiger partial charge is 0.443 e. The maximum Gasteiger partial charge on any atom is 0.415 e. The van der Waals surface area contributed by atoms with Crippen molar-refractivity contribution in [1.82, 2.24) is 15.0 Å². The summed E-state index contributed by atoms with van der Waals surface area (Å²) in [5, 5.41) is 1.73. The molecular formula is C23H26N4O3. The first kappa shape index (κ1) is 21.4. The minimum Gasteiger partial charge on any atom is -0.443 e. The van der Waals surface area contributed by atoms with Crippen LogP contribution in [0.2, 0.25) is 0 Å². The standard InChI is InChI=1S/C23H26N4O3/c1-7-20(28)19-8-14(2)17(13-25-19)18-9-15-12-26-21(10-16(15)11-24-18)27(6)22(29)30-23(3,4)5/h8-13H,7H2,1-6H3. The molecule has 0 saturated heterocycles. The summed E-state index contributed by atoms with van der Waals surface area (Å²) in [7, 11) is 1.62. The van der Waals surface area contributed by atoms with Gasteiger partial charge in [-0.25, -0.2) is 9.78 Å². The molecule has 0 bridgehead atoms. The van der Waals surface area contributed by atoms with Crippen molar-refractivity contribution >= 4 is 28.5 Å². The van der Waals surface area contributed by atoms with Crippen LogP contribution in [0.15, 0.2) is 36.8 Å². The van der Waals surface area contributed by atoms with Crippen LogP contribution in [0.25, 0.3) is 22.0 Å². The Kier molecular flexibility index (Phi) is 5.82. The number of hydrogen-bond donors (Lipinski definition) is 0. The Morgan fingerprint density at radius 2 is 1.67 bits per heavy atom. The number of carbonyl (C=O) groups excluding carboxylic acids is 2. The molecule has 0 aromatic carbocycles. The molecule has 3 aromatic rings. The van der Waals surface area contributed by atoms with Crippen LogP contribution in [0.3, 0.4) is 0 Å². The Morgan fingerprint density at radius 1 is 1.00 bits per heavy atom. The molecule has 3 heterocycles. The van der Waals surface area contributed by atoms with Gasteiger partial charge in [0.15, 0.2) is 5.78 Å². The number of carbonyl (C=O) groups is 2. The second-order valence-electron chi connectivity index (χ2n) is 8.16. The fraction of sp³-hybridized carbons (Fsp3) is 0.348. The monoisotopic (exact) mass is 406 g/mol. The van der Waals surface area contributed by atoms with Gasteiger partial charge < -0.3 is 4.74 Å². The number of rotatable bonds is 4. The lowest BCUT2D eigenvalue weighted by Gasteiger charge is -2.24. The number of nitrogens with zero attached hydrogens (tertiary/aromatic N) is 4. The van der Waals surface area contributed by atoms with E-state index in [9.17, 15) is 9.59 Å². The van der Waals surface area contributed by atoms with E-state index in [1.54, 1.807) is 37.8 Å². The minimum atomic E-state index is -0.582. The number of aryl methyl sites for hydroxylation is 1. The summed E-state index contributed by atoms with van der Waals surface area (Å²) >= 11 is 0. The fourth-order valence-electron chi connectivity index (χ4n) is 2.94. The van der Waals surface area contributed by atoms with Crippen LogP contribution >= 0.6 is 0 Å². The Bertz CT molecular complexity index is 1120. The summed E-state index contributed by atoms with van der Waals surface area (Å²) in [6.45, 7) is 9.21. The Morgan fingerprint density at radius 3 is 2.30 bits per heavy atom. The van der Waals surface area contributed by atoms with Crippen molar-refractivity contribution in [2.75, 3.05) is 11.9 Å². The molecular weight excluding hydrogens is 380 g/mol. The van der Waals surface area contributed by atoms with Gasteiger partial charge in [0.25, 0.3) is 0 Å². The summed E-state index contributed by atoms with van der Waals surface area (Å²) in [6, 6.07) is 5.51. The molecule has 0 unspecified atom stereocenters. The molecule has 3 rings (SSSR count). The molecule has 0 atom stereocenters. The number of ketones is 1. The van der Waals surface area contributed by atoms with Crippen molar-refractivity contribution in [2.24, 2.45) is 0 Å². The molecule has 0 aliphatic heterocycles. The van der Waals surface area contributed by atoms with Crippen molar-refractivity contribution in [3.8, 4) is 11.3 Å². The first-order valence-corrected chi connectivity index (χ1v) is 9.82. The van der Waals surface area contributed by atoms with Crippen LogP contribution in [-0.2, 0) is 4.74 Å². The molecule has 0 saturated carbocycles. The number of Topliss-reactive ketones (excluding diaryl/α,β-unsaturated/α-hetero) is 1. The second-order valence-corrected chi connectivity index (χ2v) is 8.16. The smallest absolute Gasteiger partial charge is 0.415 e. The average Bonchev–Trinajstić information content (AvgIpc) is 2.70. The van der Waals surface area contributed by atoms with Crippen molar-refractivity contribution in [1.29, 1.82) is 0 Å². The van der Waals surface area contributed by atoms with Gasteiger partial charge in [-0.3, -0.25) is 19.7 Å². The molecule has 3 aromatic heterocycles. The maximum absolute atomic E-state index is 12.3. The maximum atomic E-state index is 12.3. The van der Waals surface area contributed by atoms with Gasteiger partial charge in [-0.05, 0) is 51.5 Å². The number of hydrogen-bond acceptors (Lipinski definition) is 6. The lowest BCUT2D eigenvalue weighted by atomic mass is 10.0. The van der Waals surface area contributed by atoms with Crippen LogP contribution in [0.4, 0.5) is 10.6 Å². The van der Waals surface area contributed by atoms with Crippen LogP contribution in [0.1, 0.15) is 50.2 Å². The molecule has 0 aliphatic rings.